The lowest BCUT2D eigenvalue weighted by Crippen LogP contribution is -2.35. The molecule has 1 aromatic heterocycles. The second-order valence-corrected chi connectivity index (χ2v) is 6.51. The summed E-state index contributed by atoms with van der Waals surface area (Å²) in [6.45, 7) is 2.57. The Morgan fingerprint density at radius 1 is 1.36 bits per heavy atom. The highest BCUT2D eigenvalue weighted by Gasteiger charge is 2.29. The van der Waals surface area contributed by atoms with E-state index in [1.54, 1.807) is 11.1 Å². The molecular formula is C17H25N3O2. The number of amides is 1. The first-order chi connectivity index (χ1) is 10.7. The highest BCUT2D eigenvalue weighted by molar-refractivity contribution is 5.98. The summed E-state index contributed by atoms with van der Waals surface area (Å²) in [7, 11) is 1.83. The third kappa shape index (κ3) is 3.09. The molecule has 0 aromatic carbocycles. The Bertz CT molecular complexity index is 528. The number of hydrogen-bond acceptors (Lipinski definition) is 4. The van der Waals surface area contributed by atoms with E-state index in [0.29, 0.717) is 12.1 Å². The maximum Gasteiger partial charge on any atom is 0.257 e. The van der Waals surface area contributed by atoms with Crippen LogP contribution >= 0.6 is 0 Å². The molecule has 1 saturated carbocycles. The highest BCUT2D eigenvalue weighted by Crippen LogP contribution is 2.27. The molecule has 22 heavy (non-hydrogen) atoms. The van der Waals surface area contributed by atoms with E-state index in [1.807, 2.05) is 19.2 Å². The molecule has 1 saturated heterocycles. The van der Waals surface area contributed by atoms with Crippen molar-refractivity contribution in [2.24, 2.45) is 5.92 Å². The molecule has 0 spiro atoms. The lowest BCUT2D eigenvalue weighted by atomic mass is 10.1. The van der Waals surface area contributed by atoms with E-state index in [-0.39, 0.29) is 17.9 Å². The van der Waals surface area contributed by atoms with Gasteiger partial charge in [0, 0.05) is 38.8 Å². The Balaban J connectivity index is 1.73. The summed E-state index contributed by atoms with van der Waals surface area (Å²) in [4.78, 5) is 21.2. The van der Waals surface area contributed by atoms with Crippen LogP contribution < -0.4 is 4.90 Å². The number of pyridine rings is 1. The molecular weight excluding hydrogens is 278 g/mol. The number of anilines is 1. The van der Waals surface area contributed by atoms with Crippen LogP contribution in [0.2, 0.25) is 0 Å². The van der Waals surface area contributed by atoms with Gasteiger partial charge in [-0.2, -0.15) is 0 Å². The van der Waals surface area contributed by atoms with Crippen molar-refractivity contribution in [1.82, 2.24) is 9.88 Å². The molecule has 0 radical (unpaired) electrons. The molecule has 1 amide bonds. The van der Waals surface area contributed by atoms with Gasteiger partial charge in [-0.1, -0.05) is 6.42 Å². The molecule has 2 fully saturated rings. The highest BCUT2D eigenvalue weighted by atomic mass is 16.3. The van der Waals surface area contributed by atoms with E-state index in [9.17, 15) is 9.90 Å². The summed E-state index contributed by atoms with van der Waals surface area (Å²) >= 11 is 0. The van der Waals surface area contributed by atoms with Gasteiger partial charge in [-0.25, -0.2) is 4.98 Å². The predicted molar refractivity (Wildman–Crippen MR) is 86.0 cm³/mol. The van der Waals surface area contributed by atoms with Gasteiger partial charge < -0.3 is 14.9 Å². The van der Waals surface area contributed by atoms with Crippen LogP contribution in [0.5, 0.6) is 0 Å². The maximum absolute atomic E-state index is 12.8. The third-order valence-corrected chi connectivity index (χ3v) is 4.90. The fourth-order valence-corrected chi connectivity index (χ4v) is 3.62. The van der Waals surface area contributed by atoms with Crippen molar-refractivity contribution in [3.63, 3.8) is 0 Å². The predicted octanol–water partition coefficient (Wildman–Crippen LogP) is 1.91. The number of aromatic nitrogens is 1. The van der Waals surface area contributed by atoms with Gasteiger partial charge in [-0.3, -0.25) is 4.79 Å². The van der Waals surface area contributed by atoms with Crippen LogP contribution in [0, 0.1) is 5.92 Å². The summed E-state index contributed by atoms with van der Waals surface area (Å²) in [5.41, 5.74) is 0.680. The number of carbonyl (C=O) groups excluding carboxylic acids is 1. The zero-order valence-electron chi connectivity index (χ0n) is 13.2. The SMILES string of the molecule is CN(CC1CCCC1O)C(=O)c1cccnc1N1CCCC1. The van der Waals surface area contributed by atoms with Gasteiger partial charge in [0.15, 0.2) is 0 Å². The fourth-order valence-electron chi connectivity index (χ4n) is 3.62. The zero-order valence-corrected chi connectivity index (χ0v) is 13.2. The molecule has 3 rings (SSSR count). The quantitative estimate of drug-likeness (QED) is 0.923. The van der Waals surface area contributed by atoms with Crippen LogP contribution in [-0.4, -0.2) is 53.7 Å². The standard InChI is InChI=1S/C17H25N3O2/c1-19(12-13-6-4-8-15(13)21)17(22)14-7-5-9-18-16(14)20-10-2-3-11-20/h5,7,9,13,15,21H,2-4,6,8,10-12H2,1H3. The van der Waals surface area contributed by atoms with E-state index >= 15 is 0 Å². The molecule has 1 N–H and O–H groups in total. The second kappa shape index (κ2) is 6.65. The van der Waals surface area contributed by atoms with E-state index in [0.717, 1.165) is 51.0 Å². The van der Waals surface area contributed by atoms with Crippen LogP contribution in [0.15, 0.2) is 18.3 Å². The molecule has 0 bridgehead atoms. The summed E-state index contributed by atoms with van der Waals surface area (Å²) in [5.74, 6) is 1.03. The Morgan fingerprint density at radius 2 is 2.14 bits per heavy atom. The van der Waals surface area contributed by atoms with Gasteiger partial charge in [-0.05, 0) is 37.8 Å². The number of aliphatic hydroxyl groups is 1. The number of rotatable bonds is 4. The Hall–Kier alpha value is -1.62. The topological polar surface area (TPSA) is 56.7 Å². The van der Waals surface area contributed by atoms with Crippen LogP contribution in [-0.2, 0) is 0 Å². The number of carbonyl (C=O) groups is 1. The summed E-state index contributed by atoms with van der Waals surface area (Å²) in [6.07, 6.45) is 6.74. The van der Waals surface area contributed by atoms with Crippen molar-refractivity contribution in [3.8, 4) is 0 Å². The molecule has 2 heterocycles. The average molecular weight is 303 g/mol. The first-order valence-electron chi connectivity index (χ1n) is 8.30. The minimum absolute atomic E-state index is 0.00843. The molecule has 5 heteroatoms. The van der Waals surface area contributed by atoms with E-state index in [1.165, 1.54) is 0 Å². The van der Waals surface area contributed by atoms with Crippen LogP contribution in [0.3, 0.4) is 0 Å². The van der Waals surface area contributed by atoms with Gasteiger partial charge >= 0.3 is 0 Å². The van der Waals surface area contributed by atoms with Crippen molar-refractivity contribution < 1.29 is 9.90 Å². The smallest absolute Gasteiger partial charge is 0.257 e. The summed E-state index contributed by atoms with van der Waals surface area (Å²) < 4.78 is 0. The minimum atomic E-state index is -0.262. The Labute approximate surface area is 131 Å². The van der Waals surface area contributed by atoms with Crippen molar-refractivity contribution in [1.29, 1.82) is 0 Å². The van der Waals surface area contributed by atoms with Gasteiger partial charge in [0.2, 0.25) is 0 Å². The van der Waals surface area contributed by atoms with Crippen molar-refractivity contribution in [2.75, 3.05) is 31.6 Å². The largest absolute Gasteiger partial charge is 0.393 e. The molecule has 1 aromatic rings. The van der Waals surface area contributed by atoms with Gasteiger partial charge in [0.1, 0.15) is 5.82 Å². The molecule has 1 aliphatic heterocycles. The number of nitrogens with zero attached hydrogens (tertiary/aromatic N) is 3. The molecule has 120 valence electrons. The van der Waals surface area contributed by atoms with Gasteiger partial charge in [0.05, 0.1) is 11.7 Å². The maximum atomic E-state index is 12.8. The monoisotopic (exact) mass is 303 g/mol. The summed E-state index contributed by atoms with van der Waals surface area (Å²) in [5, 5.41) is 9.96. The first kappa shape index (κ1) is 15.3. The van der Waals surface area contributed by atoms with Crippen molar-refractivity contribution >= 4 is 11.7 Å². The number of aliphatic hydroxyl groups excluding tert-OH is 1. The molecule has 2 unspecified atom stereocenters. The lowest BCUT2D eigenvalue weighted by molar-refractivity contribution is 0.0694. The van der Waals surface area contributed by atoms with Crippen LogP contribution in [0.4, 0.5) is 5.82 Å². The number of hydrogen-bond donors (Lipinski definition) is 1. The molecule has 2 aliphatic rings. The van der Waals surface area contributed by atoms with E-state index < -0.39 is 0 Å². The molecule has 2 atom stereocenters. The lowest BCUT2D eigenvalue weighted by Gasteiger charge is -2.25. The molecule has 1 aliphatic carbocycles. The average Bonchev–Trinajstić information content (AvgIpc) is 3.19. The Morgan fingerprint density at radius 3 is 2.82 bits per heavy atom. The van der Waals surface area contributed by atoms with Crippen LogP contribution in [0.1, 0.15) is 42.5 Å². The van der Waals surface area contributed by atoms with E-state index in [4.69, 9.17) is 0 Å². The summed E-state index contributed by atoms with van der Waals surface area (Å²) in [6, 6.07) is 3.69. The van der Waals surface area contributed by atoms with Crippen LogP contribution in [0.25, 0.3) is 0 Å². The second-order valence-electron chi connectivity index (χ2n) is 6.51. The fraction of sp³-hybridized carbons (Fsp3) is 0.647. The zero-order chi connectivity index (χ0) is 15.5. The van der Waals surface area contributed by atoms with Gasteiger partial charge in [0.25, 0.3) is 5.91 Å². The van der Waals surface area contributed by atoms with E-state index in [2.05, 4.69) is 9.88 Å². The van der Waals surface area contributed by atoms with Gasteiger partial charge in [-0.15, -0.1) is 0 Å². The normalized spacial score (nSPS) is 24.7. The molecule has 5 nitrogen and oxygen atoms in total. The minimum Gasteiger partial charge on any atom is -0.393 e. The van der Waals surface area contributed by atoms with Crippen molar-refractivity contribution in [3.05, 3.63) is 23.9 Å². The van der Waals surface area contributed by atoms with Crippen molar-refractivity contribution in [2.45, 2.75) is 38.2 Å². The Kier molecular flexibility index (Phi) is 4.62. The third-order valence-electron chi connectivity index (χ3n) is 4.90. The first-order valence-corrected chi connectivity index (χ1v) is 8.30.